The van der Waals surface area contributed by atoms with Crippen molar-refractivity contribution in [3.8, 4) is 0 Å². The fourth-order valence-electron chi connectivity index (χ4n) is 2.12. The molecular weight excluding hydrogens is 188 g/mol. The molecule has 0 amide bonds. The van der Waals surface area contributed by atoms with Crippen molar-refractivity contribution in [2.75, 3.05) is 0 Å². The number of Topliss-reactive ketones (excluding diaryl/α,β-unsaturated/α-hetero) is 1. The average Bonchev–Trinajstić information content (AvgIpc) is 2.58. The van der Waals surface area contributed by atoms with E-state index in [2.05, 4.69) is 4.98 Å². The van der Waals surface area contributed by atoms with E-state index in [9.17, 15) is 4.79 Å². The van der Waals surface area contributed by atoms with E-state index in [-0.39, 0.29) is 11.7 Å². The van der Waals surface area contributed by atoms with Crippen molar-refractivity contribution in [3.63, 3.8) is 0 Å². The van der Waals surface area contributed by atoms with Gasteiger partial charge in [0.1, 0.15) is 0 Å². The Hall–Kier alpha value is -1.22. The van der Waals surface area contributed by atoms with E-state index in [1.807, 2.05) is 12.1 Å². The van der Waals surface area contributed by atoms with Crippen LogP contribution >= 0.6 is 0 Å². The molecule has 1 aromatic rings. The van der Waals surface area contributed by atoms with Crippen molar-refractivity contribution in [2.45, 2.75) is 38.1 Å². The van der Waals surface area contributed by atoms with Gasteiger partial charge in [0.25, 0.3) is 0 Å². The highest BCUT2D eigenvalue weighted by molar-refractivity contribution is 5.93. The summed E-state index contributed by atoms with van der Waals surface area (Å²) >= 11 is 0. The molecule has 1 aliphatic rings. The van der Waals surface area contributed by atoms with Crippen LogP contribution in [0.4, 0.5) is 0 Å². The molecule has 1 heterocycles. The molecule has 2 N–H and O–H groups in total. The van der Waals surface area contributed by atoms with Crippen molar-refractivity contribution in [3.05, 3.63) is 29.6 Å². The number of carbonyl (C=O) groups is 1. The van der Waals surface area contributed by atoms with E-state index < -0.39 is 5.54 Å². The van der Waals surface area contributed by atoms with Crippen LogP contribution in [0.25, 0.3) is 0 Å². The first-order chi connectivity index (χ1) is 7.00. The van der Waals surface area contributed by atoms with Gasteiger partial charge in [-0.25, -0.2) is 0 Å². The van der Waals surface area contributed by atoms with Crippen LogP contribution in [0.2, 0.25) is 0 Å². The summed E-state index contributed by atoms with van der Waals surface area (Å²) in [6.45, 7) is 3.52. The van der Waals surface area contributed by atoms with Crippen LogP contribution in [-0.2, 0) is 11.2 Å². The molecule has 0 aliphatic heterocycles. The summed E-state index contributed by atoms with van der Waals surface area (Å²) in [7, 11) is 0. The van der Waals surface area contributed by atoms with Crippen LogP contribution < -0.4 is 5.73 Å². The normalized spacial score (nSPS) is 20.1. The fourth-order valence-corrected chi connectivity index (χ4v) is 2.12. The quantitative estimate of drug-likeness (QED) is 0.792. The number of fused-ring (bicyclic) bond motifs is 1. The van der Waals surface area contributed by atoms with E-state index in [4.69, 9.17) is 5.73 Å². The van der Waals surface area contributed by atoms with Gasteiger partial charge in [-0.05, 0) is 38.3 Å². The van der Waals surface area contributed by atoms with Crippen LogP contribution in [0.3, 0.4) is 0 Å². The van der Waals surface area contributed by atoms with Gasteiger partial charge in [0.05, 0.1) is 17.2 Å². The van der Waals surface area contributed by atoms with Crippen LogP contribution in [-0.4, -0.2) is 16.3 Å². The molecule has 1 atom stereocenters. The number of rotatable bonds is 2. The Morgan fingerprint density at radius 1 is 1.60 bits per heavy atom. The predicted octanol–water partition coefficient (Wildman–Crippen LogP) is 1.42. The summed E-state index contributed by atoms with van der Waals surface area (Å²) in [6.07, 6.45) is 3.54. The van der Waals surface area contributed by atoms with Crippen LogP contribution in [0.5, 0.6) is 0 Å². The third-order valence-corrected chi connectivity index (χ3v) is 2.91. The van der Waals surface area contributed by atoms with Crippen LogP contribution in [0.15, 0.2) is 18.3 Å². The number of pyridine rings is 1. The van der Waals surface area contributed by atoms with Crippen LogP contribution in [0, 0.1) is 0 Å². The van der Waals surface area contributed by atoms with Crippen molar-refractivity contribution < 1.29 is 4.79 Å². The summed E-state index contributed by atoms with van der Waals surface area (Å²) in [5, 5.41) is 0. The zero-order valence-electron chi connectivity index (χ0n) is 9.16. The first kappa shape index (κ1) is 10.3. The predicted molar refractivity (Wildman–Crippen MR) is 58.6 cm³/mol. The fraction of sp³-hybridized carbons (Fsp3) is 0.500. The van der Waals surface area contributed by atoms with Gasteiger partial charge in [-0.1, -0.05) is 6.07 Å². The highest BCUT2D eigenvalue weighted by Crippen LogP contribution is 2.33. The molecule has 0 spiro atoms. The molecular formula is C12H16N2O. The topological polar surface area (TPSA) is 56.0 Å². The van der Waals surface area contributed by atoms with Crippen molar-refractivity contribution >= 4 is 5.78 Å². The number of hydrogen-bond donors (Lipinski definition) is 1. The van der Waals surface area contributed by atoms with Gasteiger partial charge in [-0.15, -0.1) is 0 Å². The first-order valence-corrected chi connectivity index (χ1v) is 5.27. The Kier molecular flexibility index (Phi) is 2.35. The molecule has 3 heteroatoms. The second-order valence-electron chi connectivity index (χ2n) is 4.72. The number of carbonyl (C=O) groups excluding carboxylic acids is 1. The minimum atomic E-state index is -0.760. The molecule has 0 aromatic carbocycles. The number of aromatic nitrogens is 1. The lowest BCUT2D eigenvalue weighted by Gasteiger charge is -2.21. The molecule has 80 valence electrons. The van der Waals surface area contributed by atoms with Gasteiger partial charge in [-0.3, -0.25) is 9.78 Å². The Morgan fingerprint density at radius 3 is 3.00 bits per heavy atom. The number of hydrogen-bond acceptors (Lipinski definition) is 3. The molecule has 1 aliphatic carbocycles. The maximum atomic E-state index is 12.1. The second-order valence-corrected chi connectivity index (χ2v) is 4.72. The highest BCUT2D eigenvalue weighted by Gasteiger charge is 2.36. The van der Waals surface area contributed by atoms with Gasteiger partial charge >= 0.3 is 0 Å². The Morgan fingerprint density at radius 2 is 2.33 bits per heavy atom. The lowest BCUT2D eigenvalue weighted by molar-refractivity contribution is -0.124. The number of ketones is 1. The van der Waals surface area contributed by atoms with Gasteiger partial charge in [0.15, 0.2) is 5.78 Å². The maximum absolute atomic E-state index is 12.1. The molecule has 0 bridgehead atoms. The lowest BCUT2D eigenvalue weighted by atomic mass is 9.88. The maximum Gasteiger partial charge on any atom is 0.161 e. The van der Waals surface area contributed by atoms with Gasteiger partial charge < -0.3 is 5.73 Å². The standard InChI is InChI=1S/C12H16N2O/c1-12(2,13)11(15)9-6-5-8-4-3-7-14-10(8)9/h3-4,7,9H,5-6,13H2,1-2H3. The van der Waals surface area contributed by atoms with Gasteiger partial charge in [0.2, 0.25) is 0 Å². The van der Waals surface area contributed by atoms with E-state index in [1.54, 1.807) is 20.0 Å². The highest BCUT2D eigenvalue weighted by atomic mass is 16.1. The monoisotopic (exact) mass is 204 g/mol. The average molecular weight is 204 g/mol. The van der Waals surface area contributed by atoms with Crippen LogP contribution in [0.1, 0.15) is 37.4 Å². The third kappa shape index (κ3) is 1.79. The minimum Gasteiger partial charge on any atom is -0.319 e. The number of nitrogens with two attached hydrogens (primary N) is 1. The second kappa shape index (κ2) is 3.42. The van der Waals surface area contributed by atoms with E-state index in [0.29, 0.717) is 0 Å². The first-order valence-electron chi connectivity index (χ1n) is 5.27. The smallest absolute Gasteiger partial charge is 0.161 e. The Labute approximate surface area is 89.7 Å². The lowest BCUT2D eigenvalue weighted by Crippen LogP contribution is -2.44. The molecule has 0 saturated heterocycles. The molecule has 0 fully saturated rings. The summed E-state index contributed by atoms with van der Waals surface area (Å²) in [5.41, 5.74) is 7.20. The van der Waals surface area contributed by atoms with Gasteiger partial charge in [-0.2, -0.15) is 0 Å². The Bertz CT molecular complexity index is 393. The van der Waals surface area contributed by atoms with Crippen molar-refractivity contribution in [1.82, 2.24) is 4.98 Å². The molecule has 2 rings (SSSR count). The molecule has 15 heavy (non-hydrogen) atoms. The summed E-state index contributed by atoms with van der Waals surface area (Å²) < 4.78 is 0. The van der Waals surface area contributed by atoms with Gasteiger partial charge in [0, 0.05) is 6.20 Å². The Balaban J connectivity index is 2.32. The molecule has 1 aromatic heterocycles. The summed E-state index contributed by atoms with van der Waals surface area (Å²) in [5.74, 6) is 0.00106. The summed E-state index contributed by atoms with van der Waals surface area (Å²) in [4.78, 5) is 16.4. The van der Waals surface area contributed by atoms with E-state index >= 15 is 0 Å². The summed E-state index contributed by atoms with van der Waals surface area (Å²) in [6, 6.07) is 3.96. The SMILES string of the molecule is CC(C)(N)C(=O)C1CCc2cccnc21. The number of aryl methyl sites for hydroxylation is 1. The molecule has 0 radical (unpaired) electrons. The van der Waals surface area contributed by atoms with E-state index in [0.717, 1.165) is 18.5 Å². The zero-order chi connectivity index (χ0) is 11.1. The van der Waals surface area contributed by atoms with Crippen molar-refractivity contribution in [2.24, 2.45) is 5.73 Å². The van der Waals surface area contributed by atoms with E-state index in [1.165, 1.54) is 5.56 Å². The third-order valence-electron chi connectivity index (χ3n) is 2.91. The number of nitrogens with zero attached hydrogens (tertiary/aromatic N) is 1. The molecule has 0 saturated carbocycles. The zero-order valence-corrected chi connectivity index (χ0v) is 9.16. The molecule has 1 unspecified atom stereocenters. The van der Waals surface area contributed by atoms with Crippen molar-refractivity contribution in [1.29, 1.82) is 0 Å². The largest absolute Gasteiger partial charge is 0.319 e. The molecule has 3 nitrogen and oxygen atoms in total. The minimum absolute atomic E-state index is 0.0961.